The lowest BCUT2D eigenvalue weighted by molar-refractivity contribution is -0.143. The molecule has 35 heavy (non-hydrogen) atoms. The van der Waals surface area contributed by atoms with Crippen LogP contribution < -0.4 is 15.5 Å². The molecule has 0 heterocycles. The Morgan fingerprint density at radius 2 is 1.54 bits per heavy atom. The number of urea groups is 1. The van der Waals surface area contributed by atoms with Gasteiger partial charge in [-0.3, -0.25) is 4.79 Å². The molecule has 2 amide bonds. The van der Waals surface area contributed by atoms with Crippen LogP contribution in [-0.4, -0.2) is 30.2 Å². The molecule has 0 aromatic heterocycles. The zero-order valence-corrected chi connectivity index (χ0v) is 20.8. The molecule has 190 valence electrons. The number of hydrogen-bond donors (Lipinski definition) is 3. The second kappa shape index (κ2) is 11.1. The zero-order chi connectivity index (χ0) is 25.8. The van der Waals surface area contributed by atoms with Crippen molar-refractivity contribution in [2.24, 2.45) is 11.8 Å². The number of benzene rings is 2. The molecule has 0 aliphatic heterocycles. The maximum atomic E-state index is 14.1. The van der Waals surface area contributed by atoms with Gasteiger partial charge in [0, 0.05) is 19.2 Å². The highest BCUT2D eigenvalue weighted by Gasteiger charge is 2.43. The summed E-state index contributed by atoms with van der Waals surface area (Å²) >= 11 is 0. The van der Waals surface area contributed by atoms with E-state index in [0.717, 1.165) is 43.8 Å². The van der Waals surface area contributed by atoms with Gasteiger partial charge in [0.1, 0.15) is 11.6 Å². The van der Waals surface area contributed by atoms with Crippen LogP contribution in [-0.2, 0) is 10.2 Å². The van der Waals surface area contributed by atoms with Gasteiger partial charge in [0.2, 0.25) is 0 Å². The molecule has 0 spiro atoms. The molecule has 0 saturated heterocycles. The Balaban J connectivity index is 2.01. The molecule has 1 saturated carbocycles. The van der Waals surface area contributed by atoms with Crippen LogP contribution in [0.25, 0.3) is 0 Å². The summed E-state index contributed by atoms with van der Waals surface area (Å²) in [5.41, 5.74) is 0.722. The van der Waals surface area contributed by atoms with E-state index in [4.69, 9.17) is 0 Å². The second-order valence-electron chi connectivity index (χ2n) is 10.2. The SMILES string of the molecule is CC(C)CN(CC(C)C)c1ccc(C2(C(=O)O)CCCC2)cc1NC(=O)Nc1ccc(F)cc1F. The summed E-state index contributed by atoms with van der Waals surface area (Å²) in [6.07, 6.45) is 2.73. The van der Waals surface area contributed by atoms with Crippen molar-refractivity contribution in [2.75, 3.05) is 28.6 Å². The zero-order valence-electron chi connectivity index (χ0n) is 20.8. The number of nitrogens with zero attached hydrogens (tertiary/aromatic N) is 1. The molecule has 0 unspecified atom stereocenters. The van der Waals surface area contributed by atoms with Gasteiger partial charge in [0.05, 0.1) is 22.5 Å². The summed E-state index contributed by atoms with van der Waals surface area (Å²) in [4.78, 5) is 27.3. The van der Waals surface area contributed by atoms with Gasteiger partial charge < -0.3 is 20.6 Å². The van der Waals surface area contributed by atoms with E-state index in [1.807, 2.05) is 12.1 Å². The van der Waals surface area contributed by atoms with Gasteiger partial charge in [-0.15, -0.1) is 0 Å². The summed E-state index contributed by atoms with van der Waals surface area (Å²) in [5, 5.41) is 15.3. The predicted octanol–water partition coefficient (Wildman–Crippen LogP) is 6.62. The molecule has 1 aliphatic carbocycles. The lowest BCUT2D eigenvalue weighted by Crippen LogP contribution is -2.34. The van der Waals surface area contributed by atoms with Gasteiger partial charge in [-0.2, -0.15) is 0 Å². The van der Waals surface area contributed by atoms with E-state index in [-0.39, 0.29) is 5.69 Å². The third-order valence-electron chi connectivity index (χ3n) is 6.35. The van der Waals surface area contributed by atoms with Gasteiger partial charge in [-0.05, 0) is 54.5 Å². The van der Waals surface area contributed by atoms with Crippen LogP contribution in [0.15, 0.2) is 36.4 Å². The number of carboxylic acid groups (broad SMARTS) is 1. The van der Waals surface area contributed by atoms with Crippen LogP contribution in [0.4, 0.5) is 30.6 Å². The summed E-state index contributed by atoms with van der Waals surface area (Å²) in [6, 6.07) is 7.69. The first kappa shape index (κ1) is 26.4. The highest BCUT2D eigenvalue weighted by atomic mass is 19.1. The van der Waals surface area contributed by atoms with E-state index in [9.17, 15) is 23.5 Å². The van der Waals surface area contributed by atoms with Gasteiger partial charge in [-0.1, -0.05) is 46.6 Å². The van der Waals surface area contributed by atoms with Crippen molar-refractivity contribution < 1.29 is 23.5 Å². The molecule has 1 fully saturated rings. The lowest BCUT2D eigenvalue weighted by Gasteiger charge is -2.32. The number of halogens is 2. The Bertz CT molecular complexity index is 1060. The van der Waals surface area contributed by atoms with Crippen molar-refractivity contribution in [1.29, 1.82) is 0 Å². The molecule has 0 atom stereocenters. The fourth-order valence-corrected chi connectivity index (χ4v) is 4.83. The maximum Gasteiger partial charge on any atom is 0.323 e. The Hall–Kier alpha value is -3.16. The fraction of sp³-hybridized carbons (Fsp3) is 0.481. The smallest absolute Gasteiger partial charge is 0.323 e. The van der Waals surface area contributed by atoms with Crippen molar-refractivity contribution in [3.63, 3.8) is 0 Å². The van der Waals surface area contributed by atoms with Gasteiger partial charge in [0.15, 0.2) is 0 Å². The first-order chi connectivity index (χ1) is 16.5. The maximum absolute atomic E-state index is 14.1. The van der Waals surface area contributed by atoms with Crippen molar-refractivity contribution in [3.8, 4) is 0 Å². The molecule has 2 aromatic carbocycles. The van der Waals surface area contributed by atoms with Gasteiger partial charge >= 0.3 is 12.0 Å². The van der Waals surface area contributed by atoms with Crippen LogP contribution in [0.1, 0.15) is 58.9 Å². The third kappa shape index (κ3) is 6.29. The molecule has 1 aliphatic rings. The number of carbonyl (C=O) groups excluding carboxylic acids is 1. The number of nitrogens with one attached hydrogen (secondary N) is 2. The van der Waals surface area contributed by atoms with Crippen molar-refractivity contribution in [1.82, 2.24) is 0 Å². The van der Waals surface area contributed by atoms with E-state index >= 15 is 0 Å². The monoisotopic (exact) mass is 487 g/mol. The Labute approximate surface area is 205 Å². The Kier molecular flexibility index (Phi) is 8.35. The molecular weight excluding hydrogens is 452 g/mol. The quantitative estimate of drug-likeness (QED) is 0.371. The number of hydrogen-bond acceptors (Lipinski definition) is 3. The largest absolute Gasteiger partial charge is 0.481 e. The normalized spacial score (nSPS) is 14.9. The average molecular weight is 488 g/mol. The lowest BCUT2D eigenvalue weighted by atomic mass is 9.78. The molecule has 3 rings (SSSR count). The number of amides is 2. The molecule has 3 N–H and O–H groups in total. The standard InChI is InChI=1S/C27H35F2N3O3/c1-17(2)15-32(16-18(3)4)24-10-7-19(27(25(33)34)11-5-6-12-27)13-23(24)31-26(35)30-22-9-8-20(28)14-21(22)29/h7-10,13-14,17-18H,5-6,11-12,15-16H2,1-4H3,(H,33,34)(H2,30,31,35). The van der Waals surface area contributed by atoms with Gasteiger partial charge in [0.25, 0.3) is 0 Å². The molecule has 8 heteroatoms. The summed E-state index contributed by atoms with van der Waals surface area (Å²) in [5.74, 6) is -1.79. The number of carbonyl (C=O) groups is 2. The van der Waals surface area contributed by atoms with Gasteiger partial charge in [-0.25, -0.2) is 13.6 Å². The Morgan fingerprint density at radius 3 is 2.09 bits per heavy atom. The number of rotatable bonds is 9. The Morgan fingerprint density at radius 1 is 0.943 bits per heavy atom. The van der Waals surface area contributed by atoms with E-state index in [1.54, 1.807) is 6.07 Å². The van der Waals surface area contributed by atoms with Crippen molar-refractivity contribution in [2.45, 2.75) is 58.8 Å². The first-order valence-electron chi connectivity index (χ1n) is 12.2. The number of anilines is 3. The van der Waals surface area contributed by atoms with Crippen molar-refractivity contribution in [3.05, 3.63) is 53.6 Å². The molecular formula is C27H35F2N3O3. The van der Waals surface area contributed by atoms with E-state index in [2.05, 4.69) is 43.2 Å². The molecule has 2 aromatic rings. The minimum Gasteiger partial charge on any atom is -0.481 e. The average Bonchev–Trinajstić information content (AvgIpc) is 3.26. The molecule has 6 nitrogen and oxygen atoms in total. The van der Waals surface area contributed by atoms with E-state index in [0.29, 0.717) is 42.0 Å². The minimum atomic E-state index is -0.991. The summed E-state index contributed by atoms with van der Waals surface area (Å²) in [6.45, 7) is 9.91. The summed E-state index contributed by atoms with van der Waals surface area (Å²) in [7, 11) is 0. The second-order valence-corrected chi connectivity index (χ2v) is 10.2. The van der Waals surface area contributed by atoms with Crippen LogP contribution in [0.2, 0.25) is 0 Å². The van der Waals surface area contributed by atoms with Crippen LogP contribution in [0, 0.1) is 23.5 Å². The van der Waals surface area contributed by atoms with Crippen LogP contribution in [0.5, 0.6) is 0 Å². The predicted molar refractivity (Wildman–Crippen MR) is 135 cm³/mol. The van der Waals surface area contributed by atoms with Crippen molar-refractivity contribution >= 4 is 29.1 Å². The molecule has 0 radical (unpaired) electrons. The first-order valence-corrected chi connectivity index (χ1v) is 12.2. The highest BCUT2D eigenvalue weighted by Crippen LogP contribution is 2.43. The topological polar surface area (TPSA) is 81.7 Å². The van der Waals surface area contributed by atoms with Crippen LogP contribution >= 0.6 is 0 Å². The third-order valence-corrected chi connectivity index (χ3v) is 6.35. The van der Waals surface area contributed by atoms with E-state index in [1.165, 1.54) is 0 Å². The van der Waals surface area contributed by atoms with E-state index < -0.39 is 29.0 Å². The number of aliphatic carboxylic acids is 1. The molecule has 0 bridgehead atoms. The number of carboxylic acids is 1. The summed E-state index contributed by atoms with van der Waals surface area (Å²) < 4.78 is 27.3. The highest BCUT2D eigenvalue weighted by molar-refractivity contribution is 6.02. The minimum absolute atomic E-state index is 0.152. The fourth-order valence-electron chi connectivity index (χ4n) is 4.83. The van der Waals surface area contributed by atoms with Crippen LogP contribution in [0.3, 0.4) is 0 Å².